The van der Waals surface area contributed by atoms with Crippen LogP contribution in [0, 0.1) is 12.3 Å². The third-order valence-corrected chi connectivity index (χ3v) is 6.02. The minimum Gasteiger partial charge on any atom is -0.367 e. The van der Waals surface area contributed by atoms with Gasteiger partial charge in [0.15, 0.2) is 11.6 Å². The third-order valence-electron chi connectivity index (χ3n) is 6.02. The van der Waals surface area contributed by atoms with Gasteiger partial charge in [0, 0.05) is 23.2 Å². The summed E-state index contributed by atoms with van der Waals surface area (Å²) < 4.78 is 15.4. The van der Waals surface area contributed by atoms with Crippen LogP contribution in [0.25, 0.3) is 28.6 Å². The van der Waals surface area contributed by atoms with E-state index in [-0.39, 0.29) is 12.5 Å². The number of imidazole rings is 1. The van der Waals surface area contributed by atoms with Crippen molar-refractivity contribution in [1.29, 1.82) is 0 Å². The second-order valence-corrected chi connectivity index (χ2v) is 8.74. The van der Waals surface area contributed by atoms with Gasteiger partial charge < -0.3 is 13.8 Å². The lowest BCUT2D eigenvalue weighted by Gasteiger charge is -2.09. The van der Waals surface area contributed by atoms with Gasteiger partial charge in [-0.15, -0.1) is 16.6 Å². The Labute approximate surface area is 207 Å². The van der Waals surface area contributed by atoms with Crippen LogP contribution in [-0.2, 0) is 24.5 Å². The van der Waals surface area contributed by atoms with E-state index in [0.29, 0.717) is 42.2 Å². The van der Waals surface area contributed by atoms with Crippen molar-refractivity contribution in [2.75, 3.05) is 0 Å². The van der Waals surface area contributed by atoms with Gasteiger partial charge in [-0.3, -0.25) is 9.55 Å². The fourth-order valence-corrected chi connectivity index (χ4v) is 4.19. The first-order chi connectivity index (χ1) is 17.6. The van der Waals surface area contributed by atoms with Crippen LogP contribution in [0.3, 0.4) is 0 Å². The molecule has 0 N–H and O–H groups in total. The molecule has 5 heterocycles. The molecule has 4 aromatic heterocycles. The molecule has 0 unspecified atom stereocenters. The van der Waals surface area contributed by atoms with Crippen molar-refractivity contribution in [3.8, 4) is 40.9 Å². The number of aromatic nitrogens is 8. The number of pyridine rings is 1. The highest BCUT2D eigenvalue weighted by atomic mass is 16.5. The molecule has 1 aliphatic rings. The fraction of sp³-hybridized carbons (Fsp3) is 0.231. The number of hydrogen-bond donors (Lipinski definition) is 0. The molecule has 5 aromatic rings. The normalized spacial score (nSPS) is 12.1. The zero-order valence-electron chi connectivity index (χ0n) is 19.8. The minimum atomic E-state index is 0.114. The van der Waals surface area contributed by atoms with Crippen molar-refractivity contribution in [3.05, 3.63) is 77.6 Å². The Morgan fingerprint density at radius 2 is 2.06 bits per heavy atom. The Kier molecular flexibility index (Phi) is 5.39. The van der Waals surface area contributed by atoms with Crippen LogP contribution in [-0.4, -0.2) is 39.4 Å². The van der Waals surface area contributed by atoms with Gasteiger partial charge in [0.2, 0.25) is 11.7 Å². The van der Waals surface area contributed by atoms with E-state index in [9.17, 15) is 0 Å². The van der Waals surface area contributed by atoms with Gasteiger partial charge in [-0.2, -0.15) is 4.98 Å². The van der Waals surface area contributed by atoms with Crippen molar-refractivity contribution >= 4 is 0 Å². The first-order valence-corrected chi connectivity index (χ1v) is 11.5. The highest BCUT2D eigenvalue weighted by Gasteiger charge is 2.28. The number of fused-ring (bicyclic) bond motifs is 5. The number of rotatable bonds is 6. The molecule has 0 fully saturated rings. The van der Waals surface area contributed by atoms with Crippen molar-refractivity contribution in [2.24, 2.45) is 0 Å². The molecule has 0 bridgehead atoms. The Morgan fingerprint density at radius 1 is 1.14 bits per heavy atom. The molecule has 178 valence electrons. The lowest BCUT2D eigenvalue weighted by Crippen LogP contribution is -2.10. The van der Waals surface area contributed by atoms with E-state index >= 15 is 0 Å². The predicted molar refractivity (Wildman–Crippen MR) is 130 cm³/mol. The quantitative estimate of drug-likeness (QED) is 0.333. The number of hydrogen-bond acceptors (Lipinski definition) is 8. The summed E-state index contributed by atoms with van der Waals surface area (Å²) in [6, 6.07) is 11.5. The fourth-order valence-electron chi connectivity index (χ4n) is 4.19. The van der Waals surface area contributed by atoms with E-state index in [1.165, 1.54) is 0 Å². The molecule has 6 rings (SSSR count). The first kappa shape index (κ1) is 21.9. The molecule has 0 atom stereocenters. The van der Waals surface area contributed by atoms with Gasteiger partial charge in [0.25, 0.3) is 0 Å². The summed E-state index contributed by atoms with van der Waals surface area (Å²) in [5.74, 6) is 5.20. The van der Waals surface area contributed by atoms with Crippen LogP contribution < -0.4 is 0 Å². The maximum atomic E-state index is 5.94. The van der Waals surface area contributed by atoms with Crippen molar-refractivity contribution in [3.63, 3.8) is 0 Å². The summed E-state index contributed by atoms with van der Waals surface area (Å²) in [5.41, 5.74) is 4.86. The van der Waals surface area contributed by atoms with Crippen molar-refractivity contribution in [1.82, 2.24) is 39.4 Å². The lowest BCUT2D eigenvalue weighted by atomic mass is 10.1. The molecule has 0 spiro atoms. The SMILES string of the molecule is C#Cc1ccc2c(c1)-c1nnc(COCc3ccccn3)n1Cc1c(-c3noc(C(C)C)n3)ncn1-2. The maximum absolute atomic E-state index is 5.94. The van der Waals surface area contributed by atoms with Crippen LogP contribution in [0.4, 0.5) is 0 Å². The minimum absolute atomic E-state index is 0.114. The molecular weight excluding hydrogens is 456 g/mol. The lowest BCUT2D eigenvalue weighted by molar-refractivity contribution is 0.0969. The number of terminal acetylenes is 1. The average molecular weight is 479 g/mol. The van der Waals surface area contributed by atoms with E-state index in [1.807, 2.05) is 59.4 Å². The Hall–Kier alpha value is -4.62. The van der Waals surface area contributed by atoms with Gasteiger partial charge in [0.05, 0.1) is 30.2 Å². The average Bonchev–Trinajstić information content (AvgIpc) is 3.62. The molecule has 36 heavy (non-hydrogen) atoms. The summed E-state index contributed by atoms with van der Waals surface area (Å²) in [5, 5.41) is 13.2. The molecule has 10 heteroatoms. The molecule has 10 nitrogen and oxygen atoms in total. The topological polar surface area (TPSA) is 110 Å². The summed E-state index contributed by atoms with van der Waals surface area (Å²) >= 11 is 0. The largest absolute Gasteiger partial charge is 0.367 e. The second-order valence-electron chi connectivity index (χ2n) is 8.74. The molecule has 1 aliphatic heterocycles. The van der Waals surface area contributed by atoms with Gasteiger partial charge in [-0.25, -0.2) is 4.98 Å². The summed E-state index contributed by atoms with van der Waals surface area (Å²) in [7, 11) is 0. The van der Waals surface area contributed by atoms with Crippen molar-refractivity contribution < 1.29 is 9.26 Å². The van der Waals surface area contributed by atoms with Gasteiger partial charge in [0.1, 0.15) is 18.6 Å². The molecular formula is C26H22N8O2. The number of ether oxygens (including phenoxy) is 1. The highest BCUT2D eigenvalue weighted by Crippen LogP contribution is 2.35. The Balaban J connectivity index is 1.43. The molecule has 0 aliphatic carbocycles. The van der Waals surface area contributed by atoms with Crippen molar-refractivity contribution in [2.45, 2.75) is 39.5 Å². The van der Waals surface area contributed by atoms with E-state index in [4.69, 9.17) is 15.7 Å². The van der Waals surface area contributed by atoms with Crippen LogP contribution in [0.1, 0.15) is 48.4 Å². The zero-order valence-corrected chi connectivity index (χ0v) is 19.8. The summed E-state index contributed by atoms with van der Waals surface area (Å²) in [6.07, 6.45) is 9.21. The van der Waals surface area contributed by atoms with Gasteiger partial charge in [-0.05, 0) is 30.3 Å². The first-order valence-electron chi connectivity index (χ1n) is 11.5. The Morgan fingerprint density at radius 3 is 2.83 bits per heavy atom. The van der Waals surface area contributed by atoms with Crippen LogP contribution in [0.5, 0.6) is 0 Å². The van der Waals surface area contributed by atoms with Gasteiger partial charge in [-0.1, -0.05) is 31.0 Å². The molecule has 1 aromatic carbocycles. The van der Waals surface area contributed by atoms with Crippen LogP contribution >= 0.6 is 0 Å². The second kappa shape index (κ2) is 8.87. The smallest absolute Gasteiger partial charge is 0.229 e. The Bertz CT molecular complexity index is 1590. The predicted octanol–water partition coefficient (Wildman–Crippen LogP) is 3.76. The summed E-state index contributed by atoms with van der Waals surface area (Å²) in [6.45, 7) is 5.07. The highest BCUT2D eigenvalue weighted by molar-refractivity contribution is 5.72. The van der Waals surface area contributed by atoms with E-state index in [1.54, 1.807) is 12.5 Å². The van der Waals surface area contributed by atoms with E-state index in [0.717, 1.165) is 28.2 Å². The monoisotopic (exact) mass is 478 g/mol. The molecule has 0 saturated carbocycles. The van der Waals surface area contributed by atoms with Crippen LogP contribution in [0.2, 0.25) is 0 Å². The molecule has 0 radical (unpaired) electrons. The number of benzene rings is 1. The third kappa shape index (κ3) is 3.76. The standard InChI is InChI=1S/C26H22N8O2/c1-4-17-8-9-20-19(11-17)25-31-30-22(14-35-13-18-7-5-6-10-27-18)33(25)12-21-23(28-15-34(20)21)24-29-26(16(2)3)36-32-24/h1,5-11,15-16H,12-14H2,2-3H3. The van der Waals surface area contributed by atoms with E-state index < -0.39 is 0 Å². The van der Waals surface area contributed by atoms with Gasteiger partial charge >= 0.3 is 0 Å². The maximum Gasteiger partial charge on any atom is 0.229 e. The van der Waals surface area contributed by atoms with E-state index in [2.05, 4.69) is 36.2 Å². The molecule has 0 amide bonds. The summed E-state index contributed by atoms with van der Waals surface area (Å²) in [4.78, 5) is 13.5. The number of nitrogens with zero attached hydrogens (tertiary/aromatic N) is 8. The molecule has 0 saturated heterocycles. The zero-order chi connectivity index (χ0) is 24.6. The van der Waals surface area contributed by atoms with Crippen LogP contribution in [0.15, 0.2) is 53.4 Å².